The van der Waals surface area contributed by atoms with Gasteiger partial charge in [-0.2, -0.15) is 0 Å². The van der Waals surface area contributed by atoms with Gasteiger partial charge >= 0.3 is 0 Å². The Balaban J connectivity index is 2.06. The predicted octanol–water partition coefficient (Wildman–Crippen LogP) is 2.78. The summed E-state index contributed by atoms with van der Waals surface area (Å²) in [6, 6.07) is 5.06. The van der Waals surface area contributed by atoms with Crippen molar-refractivity contribution in [1.29, 1.82) is 0 Å². The fourth-order valence-electron chi connectivity index (χ4n) is 2.90. The molecule has 0 radical (unpaired) electrons. The third kappa shape index (κ3) is 2.09. The van der Waals surface area contributed by atoms with Crippen LogP contribution in [0.2, 0.25) is 0 Å². The van der Waals surface area contributed by atoms with Crippen LogP contribution in [0.5, 0.6) is 0 Å². The van der Waals surface area contributed by atoms with Crippen LogP contribution >= 0.6 is 0 Å². The van der Waals surface area contributed by atoms with Gasteiger partial charge in [-0.3, -0.25) is 4.90 Å². The Bertz CT molecular complexity index is 652. The lowest BCUT2D eigenvalue weighted by atomic mass is 10.1. The van der Waals surface area contributed by atoms with Gasteiger partial charge in [0.15, 0.2) is 0 Å². The van der Waals surface area contributed by atoms with Crippen molar-refractivity contribution in [2.75, 3.05) is 23.7 Å². The minimum atomic E-state index is -0.250. The number of hydrogen-bond donors (Lipinski definition) is 1. The molecule has 2 heterocycles. The number of benzene rings is 1. The van der Waals surface area contributed by atoms with Crippen LogP contribution in [-0.2, 0) is 6.42 Å². The van der Waals surface area contributed by atoms with E-state index in [1.165, 1.54) is 6.07 Å². The maximum Gasteiger partial charge on any atom is 0.280 e. The molecule has 20 heavy (non-hydrogen) atoms. The lowest BCUT2D eigenvalue weighted by Gasteiger charge is -2.13. The Morgan fingerprint density at radius 1 is 1.40 bits per heavy atom. The van der Waals surface area contributed by atoms with Gasteiger partial charge < -0.3 is 5.73 Å². The first-order chi connectivity index (χ1) is 9.58. The third-order valence-corrected chi connectivity index (χ3v) is 4.07. The highest BCUT2D eigenvalue weighted by Gasteiger charge is 2.31. The summed E-state index contributed by atoms with van der Waals surface area (Å²) in [5, 5.41) is 0.525. The van der Waals surface area contributed by atoms with E-state index in [1.807, 2.05) is 6.07 Å². The van der Waals surface area contributed by atoms with Gasteiger partial charge in [-0.15, -0.1) is 0 Å². The smallest absolute Gasteiger partial charge is 0.280 e. The number of aromatic amines is 1. The van der Waals surface area contributed by atoms with Gasteiger partial charge in [0.25, 0.3) is 5.82 Å². The summed E-state index contributed by atoms with van der Waals surface area (Å²) in [4.78, 5) is 5.70. The van der Waals surface area contributed by atoms with Crippen LogP contribution in [0.25, 0.3) is 10.9 Å². The summed E-state index contributed by atoms with van der Waals surface area (Å²) in [5.74, 6) is 1.50. The monoisotopic (exact) mass is 274 g/mol. The quantitative estimate of drug-likeness (QED) is 0.935. The number of hydrogen-bond acceptors (Lipinski definition) is 2. The molecule has 0 spiro atoms. The lowest BCUT2D eigenvalue weighted by Crippen LogP contribution is -2.28. The Hall–Kier alpha value is -1.84. The van der Waals surface area contributed by atoms with Crippen LogP contribution in [0, 0.1) is 11.7 Å². The highest BCUT2D eigenvalue weighted by Crippen LogP contribution is 2.34. The molecular formula is C16H21FN3+. The molecular weight excluding hydrogens is 253 g/mol. The van der Waals surface area contributed by atoms with Crippen molar-refractivity contribution in [3.8, 4) is 0 Å². The molecule has 1 aliphatic rings. The standard InChI is InChI=1S/C16H20FN3/c1-10(2)6-8-20-9-7-11-15(18)14-12(17)4-3-5-13(14)19-16(11)20/h3-5,10H,6-9H2,1-2H3,(H2,18,19)/p+1. The molecule has 106 valence electrons. The fraction of sp³-hybridized carbons (Fsp3) is 0.438. The van der Waals surface area contributed by atoms with Gasteiger partial charge in [-0.1, -0.05) is 19.9 Å². The Morgan fingerprint density at radius 2 is 2.20 bits per heavy atom. The maximum atomic E-state index is 14.0. The first kappa shape index (κ1) is 13.2. The van der Waals surface area contributed by atoms with Gasteiger partial charge in [0.1, 0.15) is 11.3 Å². The Morgan fingerprint density at radius 3 is 2.95 bits per heavy atom. The first-order valence-corrected chi connectivity index (χ1v) is 7.24. The van der Waals surface area contributed by atoms with E-state index in [9.17, 15) is 4.39 Å². The summed E-state index contributed by atoms with van der Waals surface area (Å²) in [5.41, 5.74) is 8.64. The molecule has 0 fully saturated rings. The fourth-order valence-corrected chi connectivity index (χ4v) is 2.90. The van der Waals surface area contributed by atoms with E-state index in [1.54, 1.807) is 6.07 Å². The molecule has 1 aromatic carbocycles. The molecule has 3 N–H and O–H groups in total. The average molecular weight is 274 g/mol. The zero-order valence-corrected chi connectivity index (χ0v) is 12.0. The number of anilines is 2. The van der Waals surface area contributed by atoms with Crippen LogP contribution < -0.4 is 15.6 Å². The van der Waals surface area contributed by atoms with E-state index < -0.39 is 0 Å². The second-order valence-electron chi connectivity index (χ2n) is 5.95. The lowest BCUT2D eigenvalue weighted by molar-refractivity contribution is -0.330. The second kappa shape index (κ2) is 4.93. The van der Waals surface area contributed by atoms with Crippen molar-refractivity contribution in [3.63, 3.8) is 0 Å². The second-order valence-corrected chi connectivity index (χ2v) is 5.95. The summed E-state index contributed by atoms with van der Waals surface area (Å²) in [6.45, 7) is 6.43. The van der Waals surface area contributed by atoms with E-state index in [0.29, 0.717) is 17.0 Å². The van der Waals surface area contributed by atoms with E-state index in [0.717, 1.165) is 42.8 Å². The van der Waals surface area contributed by atoms with Crippen LogP contribution in [-0.4, -0.2) is 13.1 Å². The molecule has 3 rings (SSSR count). The van der Waals surface area contributed by atoms with E-state index in [2.05, 4.69) is 23.7 Å². The van der Waals surface area contributed by atoms with Crippen molar-refractivity contribution in [1.82, 2.24) is 0 Å². The number of pyridine rings is 1. The van der Waals surface area contributed by atoms with Gasteiger partial charge in [0.05, 0.1) is 29.7 Å². The molecule has 0 atom stereocenters. The number of aromatic nitrogens is 1. The van der Waals surface area contributed by atoms with Gasteiger partial charge in [-0.05, 0) is 24.5 Å². The minimum absolute atomic E-state index is 0.250. The third-order valence-electron chi connectivity index (χ3n) is 4.07. The summed E-state index contributed by atoms with van der Waals surface area (Å²) in [7, 11) is 0. The number of nitrogen functional groups attached to an aromatic ring is 1. The van der Waals surface area contributed by atoms with Gasteiger partial charge in [-0.25, -0.2) is 9.37 Å². The summed E-state index contributed by atoms with van der Waals surface area (Å²) < 4.78 is 14.0. The van der Waals surface area contributed by atoms with Crippen LogP contribution in [0.4, 0.5) is 15.9 Å². The van der Waals surface area contributed by atoms with E-state index in [-0.39, 0.29) is 5.82 Å². The molecule has 4 heteroatoms. The summed E-state index contributed by atoms with van der Waals surface area (Å²) >= 11 is 0. The normalized spacial score (nSPS) is 14.3. The number of H-pyrrole nitrogens is 1. The number of fused-ring (bicyclic) bond motifs is 2. The van der Waals surface area contributed by atoms with E-state index >= 15 is 0 Å². The Kier molecular flexibility index (Phi) is 3.24. The molecule has 0 aliphatic carbocycles. The topological polar surface area (TPSA) is 43.4 Å². The molecule has 1 aliphatic heterocycles. The highest BCUT2D eigenvalue weighted by atomic mass is 19.1. The molecule has 1 aromatic heterocycles. The SMILES string of the molecule is CC(C)CCN1CCc2c1[nH+]c1cccc(F)c1c2N. The highest BCUT2D eigenvalue weighted by molar-refractivity contribution is 5.92. The van der Waals surface area contributed by atoms with Crippen molar-refractivity contribution in [3.05, 3.63) is 29.6 Å². The molecule has 0 bridgehead atoms. The van der Waals surface area contributed by atoms with E-state index in [4.69, 9.17) is 5.73 Å². The predicted molar refractivity (Wildman–Crippen MR) is 80.2 cm³/mol. The molecule has 0 amide bonds. The molecule has 0 saturated carbocycles. The van der Waals surface area contributed by atoms with Crippen molar-refractivity contribution in [2.24, 2.45) is 5.92 Å². The van der Waals surface area contributed by atoms with Crippen molar-refractivity contribution < 1.29 is 9.37 Å². The molecule has 0 saturated heterocycles. The molecule has 2 aromatic rings. The number of nitrogens with two attached hydrogens (primary N) is 1. The molecule has 0 unspecified atom stereocenters. The number of nitrogens with zero attached hydrogens (tertiary/aromatic N) is 1. The van der Waals surface area contributed by atoms with Gasteiger partial charge in [0, 0.05) is 6.42 Å². The van der Waals surface area contributed by atoms with Crippen LogP contribution in [0.15, 0.2) is 18.2 Å². The maximum absolute atomic E-state index is 14.0. The van der Waals surface area contributed by atoms with Crippen molar-refractivity contribution in [2.45, 2.75) is 26.7 Å². The number of nitrogens with one attached hydrogen (secondary N) is 1. The first-order valence-electron chi connectivity index (χ1n) is 7.24. The number of rotatable bonds is 3. The van der Waals surface area contributed by atoms with Crippen LogP contribution in [0.1, 0.15) is 25.8 Å². The molecule has 3 nitrogen and oxygen atoms in total. The zero-order chi connectivity index (χ0) is 14.3. The number of halogens is 1. The largest absolute Gasteiger partial charge is 0.398 e. The Labute approximate surface area is 118 Å². The average Bonchev–Trinajstić information content (AvgIpc) is 2.80. The van der Waals surface area contributed by atoms with Gasteiger partial charge in [0.2, 0.25) is 0 Å². The minimum Gasteiger partial charge on any atom is -0.398 e. The van der Waals surface area contributed by atoms with Crippen LogP contribution in [0.3, 0.4) is 0 Å². The zero-order valence-electron chi connectivity index (χ0n) is 12.0. The summed E-state index contributed by atoms with van der Waals surface area (Å²) in [6.07, 6.45) is 2.04. The van der Waals surface area contributed by atoms with Crippen molar-refractivity contribution >= 4 is 22.4 Å².